The second-order valence-corrected chi connectivity index (χ2v) is 8.29. The van der Waals surface area contributed by atoms with Crippen LogP contribution in [0.25, 0.3) is 5.69 Å². The minimum atomic E-state index is -3.71. The molecule has 0 unspecified atom stereocenters. The van der Waals surface area contributed by atoms with Crippen LogP contribution in [0.4, 0.5) is 5.69 Å². The lowest BCUT2D eigenvalue weighted by Gasteiger charge is -2.13. The normalized spacial score (nSPS) is 15.0. The van der Waals surface area contributed by atoms with Crippen LogP contribution in [0.1, 0.15) is 25.7 Å². The van der Waals surface area contributed by atoms with E-state index < -0.39 is 10.0 Å². The van der Waals surface area contributed by atoms with E-state index in [1.54, 1.807) is 24.3 Å². The largest absolute Gasteiger partial charge is 0.490 e. The molecule has 0 atom stereocenters. The number of sulfonamides is 1. The van der Waals surface area contributed by atoms with Gasteiger partial charge in [0.25, 0.3) is 10.0 Å². The van der Waals surface area contributed by atoms with E-state index in [4.69, 9.17) is 4.74 Å². The van der Waals surface area contributed by atoms with Crippen LogP contribution in [0.15, 0.2) is 71.9 Å². The van der Waals surface area contributed by atoms with Gasteiger partial charge in [-0.25, -0.2) is 13.1 Å². The van der Waals surface area contributed by atoms with Gasteiger partial charge in [-0.1, -0.05) is 18.2 Å². The zero-order valence-electron chi connectivity index (χ0n) is 14.8. The summed E-state index contributed by atoms with van der Waals surface area (Å²) < 4.78 is 35.3. The summed E-state index contributed by atoms with van der Waals surface area (Å²) in [6, 6.07) is 16.4. The minimum absolute atomic E-state index is 0.109. The van der Waals surface area contributed by atoms with Gasteiger partial charge in [0.1, 0.15) is 10.6 Å². The molecule has 0 spiro atoms. The molecular weight excluding hydrogens is 362 g/mol. The van der Waals surface area contributed by atoms with Crippen molar-refractivity contribution in [2.24, 2.45) is 0 Å². The zero-order chi connectivity index (χ0) is 18.7. The summed E-state index contributed by atoms with van der Waals surface area (Å²) in [5, 5.41) is 4.14. The molecule has 1 heterocycles. The van der Waals surface area contributed by atoms with Gasteiger partial charge in [-0.15, -0.1) is 0 Å². The standard InChI is InChI=1S/C20H21N3O3S/c24-27(25,20-14-21-23(15-20)17-6-2-1-3-7-17)22-16-10-12-19(13-11-16)26-18-8-4-5-9-18/h1-3,6-7,10-15,18,22H,4-5,8-9H2. The van der Waals surface area contributed by atoms with E-state index in [1.165, 1.54) is 29.9 Å². The molecule has 1 aromatic heterocycles. The Morgan fingerprint density at radius 3 is 2.41 bits per heavy atom. The molecule has 0 saturated heterocycles. The van der Waals surface area contributed by atoms with E-state index in [2.05, 4.69) is 9.82 Å². The van der Waals surface area contributed by atoms with Crippen molar-refractivity contribution in [2.75, 3.05) is 4.72 Å². The highest BCUT2D eigenvalue weighted by molar-refractivity contribution is 7.92. The Morgan fingerprint density at radius 1 is 1.00 bits per heavy atom. The third-order valence-corrected chi connectivity index (χ3v) is 5.94. The Balaban J connectivity index is 1.46. The van der Waals surface area contributed by atoms with Crippen LogP contribution < -0.4 is 9.46 Å². The number of nitrogens with zero attached hydrogens (tertiary/aromatic N) is 2. The molecule has 1 aliphatic rings. The lowest BCUT2D eigenvalue weighted by molar-refractivity contribution is 0.210. The first-order chi connectivity index (χ1) is 13.1. The number of anilines is 1. The van der Waals surface area contributed by atoms with Crippen molar-refractivity contribution >= 4 is 15.7 Å². The number of hydrogen-bond donors (Lipinski definition) is 1. The van der Waals surface area contributed by atoms with Crippen molar-refractivity contribution < 1.29 is 13.2 Å². The Hall–Kier alpha value is -2.80. The summed E-state index contributed by atoms with van der Waals surface area (Å²) in [6.45, 7) is 0. The van der Waals surface area contributed by atoms with Crippen LogP contribution >= 0.6 is 0 Å². The molecule has 6 nitrogen and oxygen atoms in total. The minimum Gasteiger partial charge on any atom is -0.490 e. The number of ether oxygens (including phenoxy) is 1. The number of benzene rings is 2. The fourth-order valence-corrected chi connectivity index (χ4v) is 4.17. The van der Waals surface area contributed by atoms with Gasteiger partial charge in [0.05, 0.1) is 24.2 Å². The Kier molecular flexibility index (Phi) is 4.85. The fourth-order valence-electron chi connectivity index (χ4n) is 3.18. The van der Waals surface area contributed by atoms with Gasteiger partial charge >= 0.3 is 0 Å². The summed E-state index contributed by atoms with van der Waals surface area (Å²) in [5.41, 5.74) is 1.29. The van der Waals surface area contributed by atoms with E-state index in [9.17, 15) is 8.42 Å². The Morgan fingerprint density at radius 2 is 1.70 bits per heavy atom. The van der Waals surface area contributed by atoms with Crippen LogP contribution in [0.2, 0.25) is 0 Å². The molecule has 0 radical (unpaired) electrons. The van der Waals surface area contributed by atoms with Gasteiger partial charge in [-0.2, -0.15) is 5.10 Å². The summed E-state index contributed by atoms with van der Waals surface area (Å²) in [4.78, 5) is 0.109. The third kappa shape index (κ3) is 4.14. The smallest absolute Gasteiger partial charge is 0.265 e. The molecule has 1 N–H and O–H groups in total. The predicted molar refractivity (Wildman–Crippen MR) is 104 cm³/mol. The maximum absolute atomic E-state index is 12.6. The Bertz CT molecular complexity index is 992. The van der Waals surface area contributed by atoms with Crippen LogP contribution in [0.3, 0.4) is 0 Å². The molecular formula is C20H21N3O3S. The highest BCUT2D eigenvalue weighted by atomic mass is 32.2. The van der Waals surface area contributed by atoms with Crippen LogP contribution in [-0.2, 0) is 10.0 Å². The van der Waals surface area contributed by atoms with Crippen LogP contribution in [-0.4, -0.2) is 24.3 Å². The highest BCUT2D eigenvalue weighted by Crippen LogP contribution is 2.25. The quantitative estimate of drug-likeness (QED) is 0.698. The van der Waals surface area contributed by atoms with Crippen molar-refractivity contribution in [2.45, 2.75) is 36.7 Å². The molecule has 27 heavy (non-hydrogen) atoms. The van der Waals surface area contributed by atoms with E-state index in [0.717, 1.165) is 24.3 Å². The monoisotopic (exact) mass is 383 g/mol. The lowest BCUT2D eigenvalue weighted by Crippen LogP contribution is -2.13. The lowest BCUT2D eigenvalue weighted by atomic mass is 10.3. The first kappa shape index (κ1) is 17.6. The van der Waals surface area contributed by atoms with Gasteiger partial charge in [-0.3, -0.25) is 4.72 Å². The van der Waals surface area contributed by atoms with Gasteiger partial charge < -0.3 is 4.74 Å². The molecule has 140 valence electrons. The number of para-hydroxylation sites is 1. The molecule has 1 aliphatic carbocycles. The molecule has 0 aliphatic heterocycles. The second-order valence-electron chi connectivity index (χ2n) is 6.61. The van der Waals surface area contributed by atoms with Crippen LogP contribution in [0.5, 0.6) is 5.75 Å². The average molecular weight is 383 g/mol. The van der Waals surface area contributed by atoms with Gasteiger partial charge in [0.15, 0.2) is 0 Å². The van der Waals surface area contributed by atoms with Gasteiger partial charge in [0.2, 0.25) is 0 Å². The summed E-state index contributed by atoms with van der Waals surface area (Å²) in [5.74, 6) is 0.766. The van der Waals surface area contributed by atoms with Crippen molar-refractivity contribution in [3.8, 4) is 11.4 Å². The van der Waals surface area contributed by atoms with Crippen molar-refractivity contribution in [3.05, 3.63) is 67.0 Å². The Labute approximate surface area is 158 Å². The van der Waals surface area contributed by atoms with E-state index in [1.807, 2.05) is 30.3 Å². The van der Waals surface area contributed by atoms with E-state index >= 15 is 0 Å². The number of hydrogen-bond acceptors (Lipinski definition) is 4. The molecule has 3 aromatic rings. The van der Waals surface area contributed by atoms with Crippen LogP contribution in [0, 0.1) is 0 Å². The third-order valence-electron chi connectivity index (χ3n) is 4.60. The molecule has 0 bridgehead atoms. The van der Waals surface area contributed by atoms with Gasteiger partial charge in [0, 0.05) is 5.69 Å². The zero-order valence-corrected chi connectivity index (χ0v) is 15.6. The second kappa shape index (κ2) is 7.44. The van der Waals surface area contributed by atoms with Crippen molar-refractivity contribution in [1.29, 1.82) is 0 Å². The first-order valence-electron chi connectivity index (χ1n) is 9.00. The molecule has 7 heteroatoms. The topological polar surface area (TPSA) is 73.2 Å². The number of nitrogens with one attached hydrogen (secondary N) is 1. The molecule has 1 saturated carbocycles. The van der Waals surface area contributed by atoms with Crippen molar-refractivity contribution in [1.82, 2.24) is 9.78 Å². The first-order valence-corrected chi connectivity index (χ1v) is 10.5. The highest BCUT2D eigenvalue weighted by Gasteiger charge is 2.18. The molecule has 1 fully saturated rings. The summed E-state index contributed by atoms with van der Waals surface area (Å²) in [7, 11) is -3.71. The molecule has 2 aromatic carbocycles. The fraction of sp³-hybridized carbons (Fsp3) is 0.250. The van der Waals surface area contributed by atoms with Gasteiger partial charge in [-0.05, 0) is 62.1 Å². The van der Waals surface area contributed by atoms with Crippen molar-refractivity contribution in [3.63, 3.8) is 0 Å². The SMILES string of the molecule is O=S(=O)(Nc1ccc(OC2CCCC2)cc1)c1cnn(-c2ccccc2)c1. The summed E-state index contributed by atoms with van der Waals surface area (Å²) >= 11 is 0. The molecule has 0 amide bonds. The predicted octanol–water partition coefficient (Wildman–Crippen LogP) is 3.99. The summed E-state index contributed by atoms with van der Waals surface area (Å²) in [6.07, 6.45) is 7.69. The maximum Gasteiger partial charge on any atom is 0.265 e. The van der Waals surface area contributed by atoms with E-state index in [0.29, 0.717) is 5.69 Å². The maximum atomic E-state index is 12.6. The molecule has 4 rings (SSSR count). The number of aromatic nitrogens is 2. The number of rotatable bonds is 6. The van der Waals surface area contributed by atoms with E-state index in [-0.39, 0.29) is 11.0 Å². The average Bonchev–Trinajstić information content (AvgIpc) is 3.36.